The smallest absolute Gasteiger partial charge is 0.240 e. The lowest BCUT2D eigenvalue weighted by molar-refractivity contribution is -0.113. The molecule has 0 radical (unpaired) electrons. The molecule has 0 fully saturated rings. The fourth-order valence-corrected chi connectivity index (χ4v) is 0. The van der Waals surface area contributed by atoms with Gasteiger partial charge in [-0.15, -0.1) is 0 Å². The summed E-state index contributed by atoms with van der Waals surface area (Å²) in [6.45, 7) is 3.09. The van der Waals surface area contributed by atoms with Gasteiger partial charge in [-0.25, -0.2) is 0 Å². The van der Waals surface area contributed by atoms with Crippen LogP contribution in [0.15, 0.2) is 12.7 Å². The third kappa shape index (κ3) is 46.2. The molecule has 0 aromatic rings. The van der Waals surface area contributed by atoms with E-state index >= 15 is 0 Å². The lowest BCUT2D eigenvalue weighted by Crippen LogP contribution is -2.04. The Morgan fingerprint density at radius 1 is 1.75 bits per heavy atom. The van der Waals surface area contributed by atoms with Crippen LogP contribution >= 0.6 is 0 Å². The van der Waals surface area contributed by atoms with Crippen molar-refractivity contribution in [3.05, 3.63) is 12.7 Å². The van der Waals surface area contributed by atoms with Crippen LogP contribution in [0.5, 0.6) is 0 Å². The van der Waals surface area contributed by atoms with Crippen molar-refractivity contribution in [1.82, 2.24) is 0 Å². The number of rotatable bonds is 1. The molecule has 0 spiro atoms. The van der Waals surface area contributed by atoms with Gasteiger partial charge in [0.15, 0.2) is 0 Å². The molecule has 3 nitrogen and oxygen atoms in total. The van der Waals surface area contributed by atoms with Crippen LogP contribution in [0.1, 0.15) is 0 Å². The summed E-state index contributed by atoms with van der Waals surface area (Å²) in [5.41, 5.74) is 4.53. The average molecular weight is 149 g/mol. The third-order valence-corrected chi connectivity index (χ3v) is 0.201. The van der Waals surface area contributed by atoms with Gasteiger partial charge < -0.3 is 9.85 Å². The van der Waals surface area contributed by atoms with Crippen molar-refractivity contribution in [2.24, 2.45) is 5.73 Å². The molecule has 0 atom stereocenters. The molecule has 0 aliphatic rings. The van der Waals surface area contributed by atoms with Crippen LogP contribution in [-0.4, -0.2) is 26.9 Å². The van der Waals surface area contributed by atoms with E-state index in [-0.39, 0.29) is 0 Å². The molecular weight excluding hydrogens is 138 g/mol. The maximum absolute atomic E-state index is 9.47. The second-order valence-corrected chi connectivity index (χ2v) is 4.28. The van der Waals surface area contributed by atoms with Crippen molar-refractivity contribution >= 4 is 26.9 Å². The Hall–Kier alpha value is -0.396. The van der Waals surface area contributed by atoms with Crippen LogP contribution in [0.4, 0.5) is 0 Å². The molecule has 0 aliphatic carbocycles. The maximum atomic E-state index is 9.47. The molecule has 0 aliphatic heterocycles. The van der Waals surface area contributed by atoms with Gasteiger partial charge in [0, 0.05) is 0 Å². The van der Waals surface area contributed by atoms with Crippen molar-refractivity contribution < 1.29 is 8.91 Å². The van der Waals surface area contributed by atoms with E-state index in [2.05, 4.69) is 16.4 Å². The van der Waals surface area contributed by atoms with Crippen molar-refractivity contribution in [2.45, 2.75) is 0 Å². The zero-order chi connectivity index (χ0) is 6.99. The Morgan fingerprint density at radius 2 is 1.88 bits per heavy atom. The van der Waals surface area contributed by atoms with Gasteiger partial charge in [0.05, 0.1) is 0 Å². The Morgan fingerprint density at radius 3 is 1.88 bits per heavy atom. The number of nitrogens with two attached hydrogens (primary N) is 1. The molecule has 0 aromatic heterocycles. The lowest BCUT2D eigenvalue weighted by atomic mass is 10.6. The Balaban J connectivity index is 0. The molecule has 0 heterocycles. The second-order valence-electron chi connectivity index (χ2n) is 1.01. The fraction of sp³-hybridized carbons (Fsp3) is 0. The van der Waals surface area contributed by atoms with Crippen LogP contribution in [0.25, 0.3) is 0 Å². The van der Waals surface area contributed by atoms with Crippen molar-refractivity contribution in [1.29, 1.82) is 0 Å². The maximum Gasteiger partial charge on any atom is 0.240 e. The second kappa shape index (κ2) is 9.78. The first kappa shape index (κ1) is 10.6. The molecule has 1 amide bonds. The highest BCUT2D eigenvalue weighted by atomic mass is 28.3. The normalized spacial score (nSPS) is 7.00. The summed E-state index contributed by atoms with van der Waals surface area (Å²) in [5.74, 6) is -0.481. The number of amides is 1. The average Bonchev–Trinajstić information content (AvgIpc) is 1.69. The van der Waals surface area contributed by atoms with Crippen LogP contribution < -0.4 is 5.73 Å². The number of primary amides is 1. The van der Waals surface area contributed by atoms with Gasteiger partial charge in [-0.1, -0.05) is 6.58 Å². The van der Waals surface area contributed by atoms with Crippen LogP contribution in [0, 0.1) is 0 Å². The highest BCUT2D eigenvalue weighted by molar-refractivity contribution is 6.15. The minimum absolute atomic E-state index is 0.481. The number of hydrogen-bond donors (Lipinski definition) is 1. The van der Waals surface area contributed by atoms with Gasteiger partial charge in [-0.3, -0.25) is 4.79 Å². The molecule has 0 aromatic carbocycles. The highest BCUT2D eigenvalue weighted by Gasteiger charge is 1.69. The SMILES string of the molecule is C=CC(N)=O.[SiH3]O[SiH3]. The van der Waals surface area contributed by atoms with Gasteiger partial charge in [0.2, 0.25) is 5.91 Å². The quantitative estimate of drug-likeness (QED) is 0.324. The van der Waals surface area contributed by atoms with Gasteiger partial charge in [-0.05, 0) is 6.08 Å². The zero-order valence-corrected chi connectivity index (χ0v) is 9.18. The first-order valence-electron chi connectivity index (χ1n) is 2.01. The molecule has 0 unspecified atom stereocenters. The first-order valence-corrected chi connectivity index (χ1v) is 3.64. The van der Waals surface area contributed by atoms with Crippen LogP contribution in [0.2, 0.25) is 0 Å². The topological polar surface area (TPSA) is 52.3 Å². The summed E-state index contributed by atoms with van der Waals surface area (Å²) in [5, 5.41) is 0. The summed E-state index contributed by atoms with van der Waals surface area (Å²) < 4.78 is 4.53. The van der Waals surface area contributed by atoms with Crippen LogP contribution in [0.3, 0.4) is 0 Å². The summed E-state index contributed by atoms with van der Waals surface area (Å²) >= 11 is 0. The predicted octanol–water partition coefficient (Wildman–Crippen LogP) is -2.78. The molecule has 0 bridgehead atoms. The summed E-state index contributed by atoms with van der Waals surface area (Å²) in [4.78, 5) is 9.47. The van der Waals surface area contributed by atoms with Crippen molar-refractivity contribution in [3.8, 4) is 0 Å². The third-order valence-electron chi connectivity index (χ3n) is 0.201. The van der Waals surface area contributed by atoms with Crippen molar-refractivity contribution in [2.75, 3.05) is 0 Å². The minimum Gasteiger partial charge on any atom is -0.471 e. The van der Waals surface area contributed by atoms with E-state index < -0.39 is 5.91 Å². The lowest BCUT2D eigenvalue weighted by Gasteiger charge is -1.65. The van der Waals surface area contributed by atoms with E-state index in [0.717, 1.165) is 27.0 Å². The van der Waals surface area contributed by atoms with E-state index in [1.807, 2.05) is 0 Å². The Bertz CT molecular complexity index is 75.7. The van der Waals surface area contributed by atoms with Crippen LogP contribution in [-0.2, 0) is 8.91 Å². The Labute approximate surface area is 55.0 Å². The summed E-state index contributed by atoms with van der Waals surface area (Å²) in [6.07, 6.45) is 1.06. The minimum atomic E-state index is -0.481. The van der Waals surface area contributed by atoms with Gasteiger partial charge >= 0.3 is 0 Å². The number of hydrogen-bond acceptors (Lipinski definition) is 2. The monoisotopic (exact) mass is 149 g/mol. The molecule has 0 rings (SSSR count). The largest absolute Gasteiger partial charge is 0.471 e. The predicted molar refractivity (Wildman–Crippen MR) is 40.4 cm³/mol. The first-order chi connectivity index (χ1) is 3.68. The fourth-order valence-electron chi connectivity index (χ4n) is 0. The van der Waals surface area contributed by atoms with Gasteiger partial charge in [-0.2, -0.15) is 0 Å². The standard InChI is InChI=1S/C3H5NO.H6OSi2/c1-2-3(4)5;2-1-3/h2H,1H2,(H2,4,5);2-3H3. The van der Waals surface area contributed by atoms with E-state index in [4.69, 9.17) is 0 Å². The molecule has 48 valence electrons. The molecule has 8 heavy (non-hydrogen) atoms. The van der Waals surface area contributed by atoms with E-state index in [0.29, 0.717) is 0 Å². The molecule has 0 saturated carbocycles. The van der Waals surface area contributed by atoms with Gasteiger partial charge in [0.1, 0.15) is 21.0 Å². The van der Waals surface area contributed by atoms with E-state index in [9.17, 15) is 4.79 Å². The Kier molecular flexibility index (Phi) is 12.9. The molecular formula is C3H11NO2Si2. The van der Waals surface area contributed by atoms with Crippen molar-refractivity contribution in [3.63, 3.8) is 0 Å². The molecule has 0 saturated heterocycles. The van der Waals surface area contributed by atoms with E-state index in [1.54, 1.807) is 0 Å². The van der Waals surface area contributed by atoms with E-state index in [1.165, 1.54) is 0 Å². The summed E-state index contributed by atoms with van der Waals surface area (Å²) in [6, 6.07) is 0. The zero-order valence-electron chi connectivity index (χ0n) is 5.18. The highest BCUT2D eigenvalue weighted by Crippen LogP contribution is 1.48. The summed E-state index contributed by atoms with van der Waals surface area (Å²) in [7, 11) is 1.86. The van der Waals surface area contributed by atoms with Gasteiger partial charge in [0.25, 0.3) is 0 Å². The number of carbonyl (C=O) groups is 1. The number of carbonyl (C=O) groups excluding carboxylic acids is 1. The molecule has 2 N–H and O–H groups in total. The molecule has 5 heteroatoms.